The largest absolute Gasteiger partial charge is 0.495 e. The number of hydrogen-bond acceptors (Lipinski definition) is 4. The minimum absolute atomic E-state index is 0.0456. The maximum absolute atomic E-state index is 13.2. The Morgan fingerprint density at radius 2 is 2.10 bits per heavy atom. The highest BCUT2D eigenvalue weighted by Gasteiger charge is 2.36. The average molecular weight is 424 g/mol. The molecule has 2 N–H and O–H groups in total. The molecule has 1 saturated heterocycles. The van der Waals surface area contributed by atoms with Crippen molar-refractivity contribution in [1.82, 2.24) is 20.4 Å². The third kappa shape index (κ3) is 5.17. The van der Waals surface area contributed by atoms with E-state index in [1.807, 2.05) is 31.2 Å². The van der Waals surface area contributed by atoms with Gasteiger partial charge in [-0.25, -0.2) is 4.99 Å². The van der Waals surface area contributed by atoms with Crippen LogP contribution in [0.25, 0.3) is 0 Å². The van der Waals surface area contributed by atoms with Gasteiger partial charge in [-0.05, 0) is 25.5 Å². The molecule has 1 atom stereocenters. The van der Waals surface area contributed by atoms with E-state index in [-0.39, 0.29) is 18.2 Å². The molecule has 0 bridgehead atoms. The number of rotatable bonds is 6. The predicted molar refractivity (Wildman–Crippen MR) is 110 cm³/mol. The van der Waals surface area contributed by atoms with Crippen molar-refractivity contribution in [1.29, 1.82) is 0 Å². The van der Waals surface area contributed by atoms with Gasteiger partial charge in [-0.1, -0.05) is 12.1 Å². The molecular formula is C20H27F3N6O. The highest BCUT2D eigenvalue weighted by molar-refractivity contribution is 5.80. The number of nitrogens with one attached hydrogen (secondary N) is 2. The number of aromatic nitrogens is 2. The molecule has 164 valence electrons. The summed E-state index contributed by atoms with van der Waals surface area (Å²) < 4.78 is 46.1. The summed E-state index contributed by atoms with van der Waals surface area (Å²) in [6, 6.07) is 7.95. The van der Waals surface area contributed by atoms with Gasteiger partial charge in [-0.15, -0.1) is 0 Å². The Bertz CT molecular complexity index is 880. The zero-order valence-corrected chi connectivity index (χ0v) is 17.3. The smallest absolute Gasteiger partial charge is 0.435 e. The van der Waals surface area contributed by atoms with E-state index in [0.717, 1.165) is 35.6 Å². The molecule has 1 unspecified atom stereocenters. The summed E-state index contributed by atoms with van der Waals surface area (Å²) in [5.74, 6) is 1.30. The first-order valence-corrected chi connectivity index (χ1v) is 9.84. The Morgan fingerprint density at radius 1 is 1.33 bits per heavy atom. The lowest BCUT2D eigenvalue weighted by molar-refractivity contribution is -0.142. The topological polar surface area (TPSA) is 66.7 Å². The third-order valence-electron chi connectivity index (χ3n) is 4.88. The second kappa shape index (κ2) is 9.27. The maximum atomic E-state index is 13.2. The Morgan fingerprint density at radius 3 is 2.80 bits per heavy atom. The van der Waals surface area contributed by atoms with Gasteiger partial charge in [0.2, 0.25) is 0 Å². The van der Waals surface area contributed by atoms with Crippen LogP contribution in [0.4, 0.5) is 18.9 Å². The van der Waals surface area contributed by atoms with E-state index in [9.17, 15) is 13.2 Å². The Balaban J connectivity index is 1.68. The van der Waals surface area contributed by atoms with Crippen LogP contribution in [0.2, 0.25) is 0 Å². The van der Waals surface area contributed by atoms with Gasteiger partial charge in [-0.2, -0.15) is 18.3 Å². The normalized spacial score (nSPS) is 17.3. The first-order chi connectivity index (χ1) is 14.3. The molecule has 0 radical (unpaired) electrons. The van der Waals surface area contributed by atoms with E-state index < -0.39 is 11.9 Å². The van der Waals surface area contributed by atoms with Gasteiger partial charge in [0.25, 0.3) is 0 Å². The zero-order valence-electron chi connectivity index (χ0n) is 17.3. The quantitative estimate of drug-likeness (QED) is 0.552. The highest BCUT2D eigenvalue weighted by atomic mass is 19.4. The number of halogens is 3. The van der Waals surface area contributed by atoms with Crippen molar-refractivity contribution in [2.45, 2.75) is 32.1 Å². The first-order valence-electron chi connectivity index (χ1n) is 9.84. The number of aliphatic imine (C=N–C) groups is 1. The monoisotopic (exact) mass is 424 g/mol. The van der Waals surface area contributed by atoms with E-state index in [2.05, 4.69) is 25.6 Å². The van der Waals surface area contributed by atoms with Crippen molar-refractivity contribution in [3.8, 4) is 5.75 Å². The first kappa shape index (κ1) is 21.8. The summed E-state index contributed by atoms with van der Waals surface area (Å²) in [7, 11) is 3.12. The molecule has 1 aromatic carbocycles. The van der Waals surface area contributed by atoms with Gasteiger partial charge in [0.1, 0.15) is 5.75 Å². The van der Waals surface area contributed by atoms with Crippen LogP contribution >= 0.6 is 0 Å². The van der Waals surface area contributed by atoms with Crippen LogP contribution in [-0.4, -0.2) is 48.5 Å². The van der Waals surface area contributed by atoms with Crippen LogP contribution in [0.1, 0.15) is 24.6 Å². The maximum Gasteiger partial charge on any atom is 0.435 e. The molecule has 0 amide bonds. The third-order valence-corrected chi connectivity index (χ3v) is 4.88. The summed E-state index contributed by atoms with van der Waals surface area (Å²) in [4.78, 5) is 6.59. The van der Waals surface area contributed by atoms with E-state index in [4.69, 9.17) is 4.74 Å². The molecule has 30 heavy (non-hydrogen) atoms. The summed E-state index contributed by atoms with van der Waals surface area (Å²) in [5, 5.41) is 9.98. The standard InChI is InChI=1S/C20H27F3N6O/c1-4-24-19(25-11-14-12-28(2)27-18(14)20(21,22)23)26-15-9-10-29(13-15)16-7-5-6-8-17(16)30-3/h5-8,12,15H,4,9-11,13H2,1-3H3,(H2,24,25,26). The zero-order chi connectivity index (χ0) is 21.7. The lowest BCUT2D eigenvalue weighted by Gasteiger charge is -2.22. The molecule has 0 saturated carbocycles. The van der Waals surface area contributed by atoms with Crippen molar-refractivity contribution in [3.05, 3.63) is 41.7 Å². The molecule has 1 aromatic heterocycles. The second-order valence-corrected chi connectivity index (χ2v) is 7.12. The van der Waals surface area contributed by atoms with Crippen molar-refractivity contribution in [2.24, 2.45) is 12.0 Å². The fraction of sp³-hybridized carbons (Fsp3) is 0.500. The number of hydrogen-bond donors (Lipinski definition) is 2. The molecule has 7 nitrogen and oxygen atoms in total. The SMILES string of the molecule is CCNC(=NCc1cn(C)nc1C(F)(F)F)NC1CCN(c2ccccc2OC)C1. The van der Waals surface area contributed by atoms with Gasteiger partial charge in [0.15, 0.2) is 11.7 Å². The number of guanidine groups is 1. The Labute approximate surface area is 173 Å². The number of para-hydroxylation sites is 2. The molecular weight excluding hydrogens is 397 g/mol. The average Bonchev–Trinajstić information content (AvgIpc) is 3.32. The lowest BCUT2D eigenvalue weighted by atomic mass is 10.2. The van der Waals surface area contributed by atoms with Gasteiger partial charge in [0, 0.05) is 44.5 Å². The minimum atomic E-state index is -4.50. The number of anilines is 1. The van der Waals surface area contributed by atoms with Crippen molar-refractivity contribution < 1.29 is 17.9 Å². The highest BCUT2D eigenvalue weighted by Crippen LogP contribution is 2.31. The lowest BCUT2D eigenvalue weighted by Crippen LogP contribution is -2.44. The second-order valence-electron chi connectivity index (χ2n) is 7.12. The molecule has 0 spiro atoms. The van der Waals surface area contributed by atoms with Gasteiger partial charge in [-0.3, -0.25) is 4.68 Å². The summed E-state index contributed by atoms with van der Waals surface area (Å²) in [5.41, 5.74) is 0.175. The van der Waals surface area contributed by atoms with Gasteiger partial charge in [0.05, 0.1) is 19.3 Å². The van der Waals surface area contributed by atoms with E-state index in [1.54, 1.807) is 7.11 Å². The van der Waals surface area contributed by atoms with Gasteiger partial charge < -0.3 is 20.3 Å². The molecule has 1 fully saturated rings. The van der Waals surface area contributed by atoms with E-state index in [1.165, 1.54) is 13.2 Å². The fourth-order valence-electron chi connectivity index (χ4n) is 3.56. The predicted octanol–water partition coefficient (Wildman–Crippen LogP) is 2.78. The number of alkyl halides is 3. The minimum Gasteiger partial charge on any atom is -0.495 e. The van der Waals surface area contributed by atoms with Crippen LogP contribution in [0.5, 0.6) is 5.75 Å². The molecule has 10 heteroatoms. The fourth-order valence-corrected chi connectivity index (χ4v) is 3.56. The molecule has 1 aliphatic heterocycles. The number of ether oxygens (including phenoxy) is 1. The molecule has 3 rings (SSSR count). The summed E-state index contributed by atoms with van der Waals surface area (Å²) >= 11 is 0. The van der Waals surface area contributed by atoms with Crippen molar-refractivity contribution in [2.75, 3.05) is 31.6 Å². The van der Waals surface area contributed by atoms with Crippen LogP contribution < -0.4 is 20.3 Å². The number of benzene rings is 1. The van der Waals surface area contributed by atoms with Crippen LogP contribution in [0.3, 0.4) is 0 Å². The van der Waals surface area contributed by atoms with Crippen LogP contribution in [0, 0.1) is 0 Å². The van der Waals surface area contributed by atoms with Crippen LogP contribution in [0.15, 0.2) is 35.5 Å². The van der Waals surface area contributed by atoms with Gasteiger partial charge >= 0.3 is 6.18 Å². The number of nitrogens with zero attached hydrogens (tertiary/aromatic N) is 4. The molecule has 2 heterocycles. The van der Waals surface area contributed by atoms with E-state index in [0.29, 0.717) is 12.5 Å². The van der Waals surface area contributed by atoms with Crippen molar-refractivity contribution >= 4 is 11.6 Å². The molecule has 2 aromatic rings. The molecule has 0 aliphatic carbocycles. The Kier molecular flexibility index (Phi) is 6.73. The Hall–Kier alpha value is -2.91. The number of methoxy groups -OCH3 is 1. The van der Waals surface area contributed by atoms with E-state index >= 15 is 0 Å². The van der Waals surface area contributed by atoms with Crippen LogP contribution in [-0.2, 0) is 19.8 Å². The molecule has 1 aliphatic rings. The van der Waals surface area contributed by atoms with Crippen molar-refractivity contribution in [3.63, 3.8) is 0 Å². The summed E-state index contributed by atoms with van der Waals surface area (Å²) in [6.45, 7) is 4.00. The number of aryl methyl sites for hydroxylation is 1. The summed E-state index contributed by atoms with van der Waals surface area (Å²) in [6.07, 6.45) is -2.27.